The molecule has 0 spiro atoms. The topological polar surface area (TPSA) is 168 Å². The first-order chi connectivity index (χ1) is 4.86. The van der Waals surface area contributed by atoms with Crippen molar-refractivity contribution in [3.05, 3.63) is 20.2 Å². The minimum atomic E-state index is -1.50. The summed E-state index contributed by atoms with van der Waals surface area (Å²) in [4.78, 5) is 17.6. The number of guanidine groups is 1. The van der Waals surface area contributed by atoms with Crippen molar-refractivity contribution in [3.8, 4) is 0 Å². The molecule has 0 saturated heterocycles. The lowest BCUT2D eigenvalue weighted by molar-refractivity contribution is -0.742. The van der Waals surface area contributed by atoms with Crippen LogP contribution in [0.15, 0.2) is 0 Å². The van der Waals surface area contributed by atoms with Gasteiger partial charge < -0.3 is 10.9 Å². The van der Waals surface area contributed by atoms with Crippen molar-refractivity contribution in [1.82, 2.24) is 5.43 Å². The fourth-order valence-corrected chi connectivity index (χ4v) is 0.0983. The van der Waals surface area contributed by atoms with E-state index in [4.69, 9.17) is 20.7 Å². The largest absolute Gasteiger partial charge is 0.366 e. The van der Waals surface area contributed by atoms with E-state index in [1.807, 2.05) is 0 Å². The SMILES string of the molecule is N=C(N)N[N+](=O)[O-].O=[N+]([O-])O. The summed E-state index contributed by atoms with van der Waals surface area (Å²) >= 11 is 0. The first-order valence-corrected chi connectivity index (χ1v) is 1.94. The van der Waals surface area contributed by atoms with E-state index in [1.165, 1.54) is 5.43 Å². The van der Waals surface area contributed by atoms with Gasteiger partial charge in [-0.1, -0.05) is 5.43 Å². The minimum Gasteiger partial charge on any atom is -0.366 e. The third kappa shape index (κ3) is 77.5. The predicted molar refractivity (Wildman–Crippen MR) is 30.8 cm³/mol. The number of nitrogens with one attached hydrogen (secondary N) is 2. The van der Waals surface area contributed by atoms with Crippen LogP contribution in [-0.2, 0) is 0 Å². The van der Waals surface area contributed by atoms with Gasteiger partial charge >= 0.3 is 0 Å². The van der Waals surface area contributed by atoms with Gasteiger partial charge in [0, 0.05) is 0 Å². The summed E-state index contributed by atoms with van der Waals surface area (Å²) in [5.74, 6) is -0.662. The van der Waals surface area contributed by atoms with Crippen LogP contribution in [0.25, 0.3) is 0 Å². The molecule has 0 fully saturated rings. The fraction of sp³-hybridized carbons (Fsp3) is 0. The van der Waals surface area contributed by atoms with Gasteiger partial charge in [0.1, 0.15) is 0 Å². The zero-order chi connectivity index (χ0) is 9.44. The van der Waals surface area contributed by atoms with Gasteiger partial charge in [0.05, 0.1) is 0 Å². The molecule has 0 aromatic heterocycles. The van der Waals surface area contributed by atoms with Crippen molar-refractivity contribution in [1.29, 1.82) is 5.41 Å². The summed E-state index contributed by atoms with van der Waals surface area (Å²) in [6.07, 6.45) is 0. The predicted octanol–water partition coefficient (Wildman–Crippen LogP) is -1.69. The first-order valence-electron chi connectivity index (χ1n) is 1.94. The molecule has 10 heteroatoms. The standard InChI is InChI=1S/CH4N4O2.HNO3/c2-1(3)4-5(6)7;2-1(3)4/h(H4,2,3,4);(H,2,3,4). The highest BCUT2D eigenvalue weighted by atomic mass is 16.9. The molecular weight excluding hydrogens is 162 g/mol. The zero-order valence-corrected chi connectivity index (χ0v) is 5.05. The number of nitrogens with two attached hydrogens (primary N) is 1. The van der Waals surface area contributed by atoms with Crippen LogP contribution in [0, 0.1) is 25.6 Å². The van der Waals surface area contributed by atoms with E-state index in [0.29, 0.717) is 0 Å². The Hall–Kier alpha value is -2.13. The smallest absolute Gasteiger partial charge is 0.291 e. The molecule has 0 aromatic carbocycles. The molecule has 0 aliphatic rings. The lowest BCUT2D eigenvalue weighted by atomic mass is 11.1. The molecule has 64 valence electrons. The Balaban J connectivity index is 0. The maximum Gasteiger partial charge on any atom is 0.291 e. The van der Waals surface area contributed by atoms with Crippen LogP contribution >= 0.6 is 0 Å². The highest BCUT2D eigenvalue weighted by molar-refractivity contribution is 5.72. The van der Waals surface area contributed by atoms with Gasteiger partial charge in [-0.3, -0.25) is 5.41 Å². The van der Waals surface area contributed by atoms with Gasteiger partial charge in [-0.05, 0) is 0 Å². The van der Waals surface area contributed by atoms with Crippen LogP contribution < -0.4 is 11.2 Å². The van der Waals surface area contributed by atoms with Gasteiger partial charge in [0.15, 0.2) is 5.03 Å². The first kappa shape index (κ1) is 11.6. The number of rotatable bonds is 1. The molecule has 0 aromatic rings. The number of hydrazine groups is 1. The third-order valence-electron chi connectivity index (χ3n) is 0.212. The molecule has 0 radical (unpaired) electrons. The van der Waals surface area contributed by atoms with Crippen molar-refractivity contribution in [3.63, 3.8) is 0 Å². The Labute approximate surface area is 59.3 Å². The van der Waals surface area contributed by atoms with Crippen LogP contribution in [0.4, 0.5) is 0 Å². The molecule has 0 unspecified atom stereocenters. The molecule has 11 heavy (non-hydrogen) atoms. The summed E-state index contributed by atoms with van der Waals surface area (Å²) in [6, 6.07) is 0. The van der Waals surface area contributed by atoms with E-state index in [0.717, 1.165) is 0 Å². The third-order valence-corrected chi connectivity index (χ3v) is 0.212. The molecule has 0 heterocycles. The molecule has 0 aliphatic carbocycles. The summed E-state index contributed by atoms with van der Waals surface area (Å²) in [5, 5.41) is 28.3. The normalized spacial score (nSPS) is 6.91. The van der Waals surface area contributed by atoms with Gasteiger partial charge in [-0.25, -0.2) is 10.1 Å². The Morgan fingerprint density at radius 1 is 1.55 bits per heavy atom. The lowest BCUT2D eigenvalue weighted by Crippen LogP contribution is -2.34. The average Bonchev–Trinajstić information content (AvgIpc) is 1.56. The fourth-order valence-electron chi connectivity index (χ4n) is 0.0983. The van der Waals surface area contributed by atoms with Crippen LogP contribution in [0.5, 0.6) is 0 Å². The minimum absolute atomic E-state index is 0.662. The van der Waals surface area contributed by atoms with Crippen LogP contribution in [0.2, 0.25) is 0 Å². The van der Waals surface area contributed by atoms with E-state index in [-0.39, 0.29) is 0 Å². The van der Waals surface area contributed by atoms with Gasteiger partial charge in [0.2, 0.25) is 5.96 Å². The number of nitrogens with zero attached hydrogens (tertiary/aromatic N) is 2. The van der Waals surface area contributed by atoms with Crippen LogP contribution in [0.3, 0.4) is 0 Å². The second-order valence-corrected chi connectivity index (χ2v) is 1.02. The van der Waals surface area contributed by atoms with Crippen LogP contribution in [-0.4, -0.2) is 21.3 Å². The maximum atomic E-state index is 9.28. The summed E-state index contributed by atoms with van der Waals surface area (Å²) < 4.78 is 0. The molecule has 0 amide bonds. The van der Waals surface area contributed by atoms with Crippen molar-refractivity contribution in [2.45, 2.75) is 0 Å². The van der Waals surface area contributed by atoms with Crippen molar-refractivity contribution >= 4 is 5.96 Å². The Morgan fingerprint density at radius 2 is 1.82 bits per heavy atom. The molecule has 0 bridgehead atoms. The molecule has 10 nitrogen and oxygen atoms in total. The van der Waals surface area contributed by atoms with Crippen molar-refractivity contribution < 1.29 is 15.3 Å². The van der Waals surface area contributed by atoms with E-state index in [2.05, 4.69) is 5.73 Å². The second kappa shape index (κ2) is 6.00. The summed E-state index contributed by atoms with van der Waals surface area (Å²) in [6.45, 7) is 0. The molecular formula is CH5N5O5. The Morgan fingerprint density at radius 3 is 1.82 bits per heavy atom. The molecule has 5 N–H and O–H groups in total. The van der Waals surface area contributed by atoms with Crippen LogP contribution in [0.1, 0.15) is 0 Å². The summed E-state index contributed by atoms with van der Waals surface area (Å²) in [7, 11) is 0. The number of nitro groups is 1. The zero-order valence-electron chi connectivity index (χ0n) is 5.05. The molecule has 0 rings (SSSR count). The molecule has 0 atom stereocenters. The van der Waals surface area contributed by atoms with Gasteiger partial charge in [-0.15, -0.1) is 10.1 Å². The lowest BCUT2D eigenvalue weighted by Gasteiger charge is -1.86. The van der Waals surface area contributed by atoms with Crippen molar-refractivity contribution in [2.24, 2.45) is 5.73 Å². The second-order valence-electron chi connectivity index (χ2n) is 1.02. The highest BCUT2D eigenvalue weighted by Crippen LogP contribution is 1.50. The average molecular weight is 167 g/mol. The Bertz CT molecular complexity index is 148. The molecule has 0 aliphatic heterocycles. The number of hydrogen-bond acceptors (Lipinski definition) is 5. The van der Waals surface area contributed by atoms with Gasteiger partial charge in [-0.2, -0.15) is 0 Å². The van der Waals surface area contributed by atoms with Crippen molar-refractivity contribution in [2.75, 3.05) is 0 Å². The summed E-state index contributed by atoms with van der Waals surface area (Å²) in [5.41, 5.74) is 5.91. The highest BCUT2D eigenvalue weighted by Gasteiger charge is 1.91. The van der Waals surface area contributed by atoms with E-state index < -0.39 is 16.1 Å². The quantitative estimate of drug-likeness (QED) is 0.156. The Kier molecular flexibility index (Phi) is 6.35. The maximum absolute atomic E-state index is 9.28. The molecule has 0 saturated carbocycles. The van der Waals surface area contributed by atoms with E-state index >= 15 is 0 Å². The van der Waals surface area contributed by atoms with Gasteiger partial charge in [0.25, 0.3) is 5.09 Å². The van der Waals surface area contributed by atoms with E-state index in [1.54, 1.807) is 0 Å². The number of hydrogen-bond donors (Lipinski definition) is 4. The monoisotopic (exact) mass is 167 g/mol. The van der Waals surface area contributed by atoms with E-state index in [9.17, 15) is 10.1 Å².